The van der Waals surface area contributed by atoms with E-state index in [1.807, 2.05) is 32.0 Å². The van der Waals surface area contributed by atoms with Crippen molar-refractivity contribution in [2.45, 2.75) is 20.0 Å². The summed E-state index contributed by atoms with van der Waals surface area (Å²) in [5.41, 5.74) is 3.95. The number of carbonyl (C=O) groups is 1. The number of ether oxygens (including phenoxy) is 1. The van der Waals surface area contributed by atoms with Crippen molar-refractivity contribution in [1.82, 2.24) is 4.90 Å². The van der Waals surface area contributed by atoms with E-state index in [0.717, 1.165) is 22.4 Å². The molecule has 2 aromatic rings. The maximum Gasteiger partial charge on any atom is 0.238 e. The third-order valence-electron chi connectivity index (χ3n) is 4.43. The molecule has 1 aliphatic heterocycles. The highest BCUT2D eigenvalue weighted by molar-refractivity contribution is 5.93. The minimum Gasteiger partial charge on any atom is -0.371 e. The third-order valence-corrected chi connectivity index (χ3v) is 4.43. The lowest BCUT2D eigenvalue weighted by molar-refractivity contribution is -0.119. The van der Waals surface area contributed by atoms with Crippen molar-refractivity contribution in [3.05, 3.63) is 65.0 Å². The molecule has 4 nitrogen and oxygen atoms in total. The maximum atomic E-state index is 13.1. The molecule has 1 heterocycles. The molecule has 0 bridgehead atoms. The predicted molar refractivity (Wildman–Crippen MR) is 96.1 cm³/mol. The van der Waals surface area contributed by atoms with Gasteiger partial charge in [-0.15, -0.1) is 0 Å². The Bertz CT molecular complexity index is 746. The summed E-state index contributed by atoms with van der Waals surface area (Å²) in [4.78, 5) is 14.5. The van der Waals surface area contributed by atoms with Crippen molar-refractivity contribution in [2.75, 3.05) is 31.6 Å². The second kappa shape index (κ2) is 7.76. The van der Waals surface area contributed by atoms with Gasteiger partial charge in [0.25, 0.3) is 0 Å². The number of anilines is 1. The Balaban J connectivity index is 1.59. The second-order valence-corrected chi connectivity index (χ2v) is 6.51. The zero-order valence-electron chi connectivity index (χ0n) is 14.6. The molecule has 0 spiro atoms. The highest BCUT2D eigenvalue weighted by Gasteiger charge is 2.23. The van der Waals surface area contributed by atoms with Crippen LogP contribution in [0.25, 0.3) is 0 Å². The van der Waals surface area contributed by atoms with Gasteiger partial charge in [-0.3, -0.25) is 9.69 Å². The molecule has 1 saturated heterocycles. The molecule has 0 aliphatic carbocycles. The van der Waals surface area contributed by atoms with Gasteiger partial charge >= 0.3 is 0 Å². The van der Waals surface area contributed by atoms with E-state index in [0.29, 0.717) is 26.2 Å². The van der Waals surface area contributed by atoms with Gasteiger partial charge in [0.15, 0.2) is 0 Å². The quantitative estimate of drug-likeness (QED) is 0.925. The molecule has 1 fully saturated rings. The Morgan fingerprint density at radius 2 is 2.00 bits per heavy atom. The lowest BCUT2D eigenvalue weighted by atomic mass is 10.1. The minimum atomic E-state index is -0.260. The average Bonchev–Trinajstić information content (AvgIpc) is 2.59. The number of benzene rings is 2. The highest BCUT2D eigenvalue weighted by atomic mass is 19.1. The summed E-state index contributed by atoms with van der Waals surface area (Å²) in [7, 11) is 0. The summed E-state index contributed by atoms with van der Waals surface area (Å²) in [6, 6.07) is 12.4. The van der Waals surface area contributed by atoms with Gasteiger partial charge in [-0.2, -0.15) is 0 Å². The fraction of sp³-hybridized carbons (Fsp3) is 0.350. The van der Waals surface area contributed by atoms with E-state index >= 15 is 0 Å². The number of hydrogen-bond donors (Lipinski definition) is 1. The molecule has 132 valence electrons. The molecule has 2 aromatic carbocycles. The molecule has 0 radical (unpaired) electrons. The number of rotatable bonds is 4. The van der Waals surface area contributed by atoms with Crippen molar-refractivity contribution in [1.29, 1.82) is 0 Å². The van der Waals surface area contributed by atoms with Crippen molar-refractivity contribution < 1.29 is 13.9 Å². The molecular formula is C20H23FN2O2. The Hall–Kier alpha value is -2.24. The zero-order valence-corrected chi connectivity index (χ0v) is 14.6. The summed E-state index contributed by atoms with van der Waals surface area (Å²) in [6.07, 6.45) is -0.136. The largest absolute Gasteiger partial charge is 0.371 e. The van der Waals surface area contributed by atoms with E-state index in [-0.39, 0.29) is 17.8 Å². The number of amides is 1. The molecule has 25 heavy (non-hydrogen) atoms. The number of hydrogen-bond acceptors (Lipinski definition) is 3. The van der Waals surface area contributed by atoms with Crippen molar-refractivity contribution in [3.8, 4) is 0 Å². The molecular weight excluding hydrogens is 319 g/mol. The van der Waals surface area contributed by atoms with Crippen LogP contribution in [-0.4, -0.2) is 37.0 Å². The summed E-state index contributed by atoms with van der Waals surface area (Å²) in [6.45, 7) is 6.18. The Labute approximate surface area is 147 Å². The molecule has 1 amide bonds. The number of carbonyl (C=O) groups excluding carboxylic acids is 1. The molecule has 1 unspecified atom stereocenters. The van der Waals surface area contributed by atoms with Crippen LogP contribution in [0.1, 0.15) is 22.8 Å². The van der Waals surface area contributed by atoms with Crippen LogP contribution in [0.15, 0.2) is 42.5 Å². The number of nitrogens with one attached hydrogen (secondary N) is 1. The molecule has 3 rings (SSSR count). The highest BCUT2D eigenvalue weighted by Crippen LogP contribution is 2.22. The Kier molecular flexibility index (Phi) is 5.46. The first-order valence-corrected chi connectivity index (χ1v) is 8.48. The van der Waals surface area contributed by atoms with Crippen molar-refractivity contribution in [2.24, 2.45) is 0 Å². The van der Waals surface area contributed by atoms with Gasteiger partial charge < -0.3 is 10.1 Å². The first kappa shape index (κ1) is 17.6. The van der Waals surface area contributed by atoms with E-state index < -0.39 is 0 Å². The maximum absolute atomic E-state index is 13.1. The van der Waals surface area contributed by atoms with Gasteiger partial charge in [-0.25, -0.2) is 4.39 Å². The molecule has 0 saturated carbocycles. The van der Waals surface area contributed by atoms with Crippen LogP contribution in [0.5, 0.6) is 0 Å². The molecule has 5 heteroatoms. The van der Waals surface area contributed by atoms with E-state index in [2.05, 4.69) is 10.2 Å². The molecule has 1 N–H and O–H groups in total. The summed E-state index contributed by atoms with van der Waals surface area (Å²) >= 11 is 0. The molecule has 1 aliphatic rings. The van der Waals surface area contributed by atoms with Crippen LogP contribution in [0.2, 0.25) is 0 Å². The number of nitrogens with zero attached hydrogens (tertiary/aromatic N) is 1. The van der Waals surface area contributed by atoms with Crippen LogP contribution in [0.3, 0.4) is 0 Å². The topological polar surface area (TPSA) is 41.6 Å². The van der Waals surface area contributed by atoms with Crippen LogP contribution in [0, 0.1) is 19.7 Å². The number of morpholine rings is 1. The van der Waals surface area contributed by atoms with E-state index in [4.69, 9.17) is 4.74 Å². The Morgan fingerprint density at radius 1 is 1.24 bits per heavy atom. The first-order valence-electron chi connectivity index (χ1n) is 8.48. The van der Waals surface area contributed by atoms with E-state index in [1.165, 1.54) is 12.1 Å². The van der Waals surface area contributed by atoms with Crippen LogP contribution < -0.4 is 5.32 Å². The number of aryl methyl sites for hydroxylation is 2. The third kappa shape index (κ3) is 4.65. The van der Waals surface area contributed by atoms with Gasteiger partial charge in [-0.1, -0.05) is 24.3 Å². The van der Waals surface area contributed by atoms with Gasteiger partial charge in [-0.05, 0) is 48.7 Å². The predicted octanol–water partition coefficient (Wildman–Crippen LogP) is 3.45. The minimum absolute atomic E-state index is 0.0338. The zero-order chi connectivity index (χ0) is 17.8. The van der Waals surface area contributed by atoms with Gasteiger partial charge in [0, 0.05) is 18.8 Å². The summed E-state index contributed by atoms with van der Waals surface area (Å²) < 4.78 is 18.8. The normalized spacial score (nSPS) is 18.1. The summed E-state index contributed by atoms with van der Waals surface area (Å²) in [5, 5.41) is 2.99. The summed E-state index contributed by atoms with van der Waals surface area (Å²) in [5.74, 6) is -0.294. The van der Waals surface area contributed by atoms with Gasteiger partial charge in [0.05, 0.1) is 19.3 Å². The first-order chi connectivity index (χ1) is 12.0. The smallest absolute Gasteiger partial charge is 0.238 e. The number of halogens is 1. The fourth-order valence-electron chi connectivity index (χ4n) is 2.99. The van der Waals surface area contributed by atoms with Crippen LogP contribution >= 0.6 is 0 Å². The monoisotopic (exact) mass is 342 g/mol. The van der Waals surface area contributed by atoms with Crippen LogP contribution in [-0.2, 0) is 9.53 Å². The standard InChI is InChI=1S/C20H23FN2O2/c1-14-3-4-15(2)18(11-14)22-20(24)13-23-9-10-25-19(12-23)16-5-7-17(21)8-6-16/h3-8,11,19H,9-10,12-13H2,1-2H3,(H,22,24). The molecule has 1 atom stereocenters. The van der Waals surface area contributed by atoms with Gasteiger partial charge in [0.2, 0.25) is 5.91 Å². The average molecular weight is 342 g/mol. The SMILES string of the molecule is Cc1ccc(C)c(NC(=O)CN2CCOC(c3ccc(F)cc3)C2)c1. The lowest BCUT2D eigenvalue weighted by Crippen LogP contribution is -2.42. The Morgan fingerprint density at radius 3 is 2.76 bits per heavy atom. The lowest BCUT2D eigenvalue weighted by Gasteiger charge is -2.32. The van der Waals surface area contributed by atoms with Gasteiger partial charge in [0.1, 0.15) is 5.82 Å². The second-order valence-electron chi connectivity index (χ2n) is 6.51. The van der Waals surface area contributed by atoms with E-state index in [1.54, 1.807) is 12.1 Å². The van der Waals surface area contributed by atoms with Crippen LogP contribution in [0.4, 0.5) is 10.1 Å². The van der Waals surface area contributed by atoms with E-state index in [9.17, 15) is 9.18 Å². The van der Waals surface area contributed by atoms with Crippen molar-refractivity contribution >= 4 is 11.6 Å². The fourth-order valence-corrected chi connectivity index (χ4v) is 2.99. The van der Waals surface area contributed by atoms with Crippen molar-refractivity contribution in [3.63, 3.8) is 0 Å². The molecule has 0 aromatic heterocycles.